The average molecular weight is 256 g/mol. The molecule has 0 spiro atoms. The Morgan fingerprint density at radius 2 is 1.63 bits per heavy atom. The van der Waals surface area contributed by atoms with E-state index in [2.05, 4.69) is 0 Å². The number of benzene rings is 2. The zero-order chi connectivity index (χ0) is 14.0. The van der Waals surface area contributed by atoms with Crippen molar-refractivity contribution < 1.29 is 9.18 Å². The summed E-state index contributed by atoms with van der Waals surface area (Å²) in [5, 5.41) is 0. The molecular weight excluding hydrogens is 239 g/mol. The van der Waals surface area contributed by atoms with Crippen molar-refractivity contribution in [1.29, 1.82) is 0 Å². The van der Waals surface area contributed by atoms with Gasteiger partial charge in [-0.3, -0.25) is 4.79 Å². The van der Waals surface area contributed by atoms with Gasteiger partial charge < -0.3 is 0 Å². The van der Waals surface area contributed by atoms with Crippen molar-refractivity contribution in [3.05, 3.63) is 70.0 Å². The van der Waals surface area contributed by atoms with Gasteiger partial charge in [-0.25, -0.2) is 4.39 Å². The van der Waals surface area contributed by atoms with E-state index < -0.39 is 5.82 Å². The number of rotatable bonds is 3. The molecule has 0 heterocycles. The molecule has 0 aliphatic rings. The number of hydrogen-bond donors (Lipinski definition) is 0. The van der Waals surface area contributed by atoms with E-state index >= 15 is 0 Å². The third kappa shape index (κ3) is 3.08. The van der Waals surface area contributed by atoms with Gasteiger partial charge in [0.15, 0.2) is 5.78 Å². The summed E-state index contributed by atoms with van der Waals surface area (Å²) in [7, 11) is 0. The molecule has 2 aromatic rings. The summed E-state index contributed by atoms with van der Waals surface area (Å²) in [5.74, 6) is -0.615. The zero-order valence-corrected chi connectivity index (χ0v) is 11.5. The van der Waals surface area contributed by atoms with Gasteiger partial charge >= 0.3 is 0 Å². The molecule has 0 fully saturated rings. The summed E-state index contributed by atoms with van der Waals surface area (Å²) in [5.41, 5.74) is 4.21. The Bertz CT molecular complexity index is 629. The molecule has 0 saturated heterocycles. The van der Waals surface area contributed by atoms with Crippen LogP contribution in [0.25, 0.3) is 0 Å². The largest absolute Gasteiger partial charge is 0.294 e. The maximum atomic E-state index is 13.7. The van der Waals surface area contributed by atoms with Crippen LogP contribution in [0.3, 0.4) is 0 Å². The number of halogens is 1. The first kappa shape index (κ1) is 13.5. The van der Waals surface area contributed by atoms with Crippen molar-refractivity contribution in [1.82, 2.24) is 0 Å². The van der Waals surface area contributed by atoms with Gasteiger partial charge in [-0.05, 0) is 44.0 Å². The van der Waals surface area contributed by atoms with Crippen LogP contribution in [0.4, 0.5) is 4.39 Å². The summed E-state index contributed by atoms with van der Waals surface area (Å²) in [6.07, 6.45) is 0.244. The number of Topliss-reactive ketones (excluding diaryl/α,β-unsaturated/α-hetero) is 1. The third-order valence-corrected chi connectivity index (χ3v) is 3.28. The Kier molecular flexibility index (Phi) is 3.79. The lowest BCUT2D eigenvalue weighted by Gasteiger charge is -2.08. The second kappa shape index (κ2) is 5.35. The highest BCUT2D eigenvalue weighted by Gasteiger charge is 2.13. The molecule has 0 atom stereocenters. The van der Waals surface area contributed by atoms with Crippen molar-refractivity contribution in [2.24, 2.45) is 0 Å². The standard InChI is InChI=1S/C17H17FO/c1-11-4-6-13(3)14(8-11)10-17(19)15-9-12(2)5-7-16(15)18/h4-9H,10H2,1-3H3. The second-order valence-electron chi connectivity index (χ2n) is 5.01. The number of aryl methyl sites for hydroxylation is 3. The third-order valence-electron chi connectivity index (χ3n) is 3.28. The SMILES string of the molecule is Cc1ccc(C)c(CC(=O)c2cc(C)ccc2F)c1. The molecule has 98 valence electrons. The van der Waals surface area contributed by atoms with Crippen LogP contribution in [-0.4, -0.2) is 5.78 Å². The Hall–Kier alpha value is -1.96. The first-order valence-electron chi connectivity index (χ1n) is 6.33. The lowest BCUT2D eigenvalue weighted by molar-refractivity contribution is 0.0989. The van der Waals surface area contributed by atoms with Crippen LogP contribution in [0.15, 0.2) is 36.4 Å². The fraction of sp³-hybridized carbons (Fsp3) is 0.235. The monoisotopic (exact) mass is 256 g/mol. The van der Waals surface area contributed by atoms with E-state index in [4.69, 9.17) is 0 Å². The van der Waals surface area contributed by atoms with Gasteiger partial charge in [-0.1, -0.05) is 35.4 Å². The molecule has 0 N–H and O–H groups in total. The van der Waals surface area contributed by atoms with Gasteiger partial charge in [0.1, 0.15) is 5.82 Å². The number of carbonyl (C=O) groups is 1. The number of ketones is 1. The maximum Gasteiger partial charge on any atom is 0.170 e. The Balaban J connectivity index is 2.30. The van der Waals surface area contributed by atoms with Crippen LogP contribution in [0, 0.1) is 26.6 Å². The fourth-order valence-electron chi connectivity index (χ4n) is 2.11. The van der Waals surface area contributed by atoms with Crippen LogP contribution < -0.4 is 0 Å². The minimum Gasteiger partial charge on any atom is -0.294 e. The highest BCUT2D eigenvalue weighted by molar-refractivity contribution is 5.98. The molecule has 0 aliphatic heterocycles. The lowest BCUT2D eigenvalue weighted by Crippen LogP contribution is -2.08. The lowest BCUT2D eigenvalue weighted by atomic mass is 9.97. The van der Waals surface area contributed by atoms with Gasteiger partial charge in [0.05, 0.1) is 5.56 Å². The van der Waals surface area contributed by atoms with Gasteiger partial charge in [-0.15, -0.1) is 0 Å². The van der Waals surface area contributed by atoms with Crippen LogP contribution in [0.1, 0.15) is 32.6 Å². The predicted octanol–water partition coefficient (Wildman–Crippen LogP) is 4.18. The van der Waals surface area contributed by atoms with Gasteiger partial charge in [-0.2, -0.15) is 0 Å². The van der Waals surface area contributed by atoms with Crippen LogP contribution >= 0.6 is 0 Å². The first-order valence-corrected chi connectivity index (χ1v) is 6.33. The molecule has 0 bridgehead atoms. The van der Waals surface area contributed by atoms with E-state index in [0.29, 0.717) is 0 Å². The Labute approximate surface area is 113 Å². The average Bonchev–Trinajstić information content (AvgIpc) is 2.36. The quantitative estimate of drug-likeness (QED) is 0.753. The van der Waals surface area contributed by atoms with Crippen LogP contribution in [-0.2, 0) is 6.42 Å². The van der Waals surface area contributed by atoms with E-state index in [1.807, 2.05) is 39.0 Å². The summed E-state index contributed by atoms with van der Waals surface area (Å²) < 4.78 is 13.7. The molecule has 2 heteroatoms. The number of carbonyl (C=O) groups excluding carboxylic acids is 1. The van der Waals surface area contributed by atoms with Gasteiger partial charge in [0.25, 0.3) is 0 Å². The van der Waals surface area contributed by atoms with Crippen molar-refractivity contribution in [2.45, 2.75) is 27.2 Å². The summed E-state index contributed by atoms with van der Waals surface area (Å²) >= 11 is 0. The Morgan fingerprint density at radius 1 is 1.00 bits per heavy atom. The molecule has 19 heavy (non-hydrogen) atoms. The van der Waals surface area contributed by atoms with Crippen molar-refractivity contribution in [3.8, 4) is 0 Å². The fourth-order valence-corrected chi connectivity index (χ4v) is 2.11. The van der Waals surface area contributed by atoms with E-state index in [0.717, 1.165) is 22.3 Å². The normalized spacial score (nSPS) is 10.5. The first-order chi connectivity index (χ1) is 8.97. The molecule has 0 unspecified atom stereocenters. The summed E-state index contributed by atoms with van der Waals surface area (Å²) in [6, 6.07) is 10.6. The Morgan fingerprint density at radius 3 is 2.37 bits per heavy atom. The van der Waals surface area contributed by atoms with Crippen molar-refractivity contribution in [3.63, 3.8) is 0 Å². The number of hydrogen-bond acceptors (Lipinski definition) is 1. The molecule has 0 amide bonds. The summed E-state index contributed by atoms with van der Waals surface area (Å²) in [4.78, 5) is 12.2. The van der Waals surface area contributed by atoms with Crippen LogP contribution in [0.5, 0.6) is 0 Å². The molecule has 0 aliphatic carbocycles. The van der Waals surface area contributed by atoms with Gasteiger partial charge in [0.2, 0.25) is 0 Å². The minimum atomic E-state index is -0.444. The topological polar surface area (TPSA) is 17.1 Å². The molecule has 0 aromatic heterocycles. The molecule has 2 rings (SSSR count). The van der Waals surface area contributed by atoms with E-state index in [1.54, 1.807) is 12.1 Å². The minimum absolute atomic E-state index is 0.171. The van der Waals surface area contributed by atoms with E-state index in [9.17, 15) is 9.18 Å². The smallest absolute Gasteiger partial charge is 0.170 e. The van der Waals surface area contributed by atoms with Crippen molar-refractivity contribution >= 4 is 5.78 Å². The van der Waals surface area contributed by atoms with Gasteiger partial charge in [0, 0.05) is 6.42 Å². The molecule has 1 nitrogen and oxygen atoms in total. The highest BCUT2D eigenvalue weighted by Crippen LogP contribution is 2.16. The maximum absolute atomic E-state index is 13.7. The second-order valence-corrected chi connectivity index (χ2v) is 5.01. The predicted molar refractivity (Wildman–Crippen MR) is 75.1 cm³/mol. The molecule has 0 saturated carbocycles. The van der Waals surface area contributed by atoms with E-state index in [1.165, 1.54) is 6.07 Å². The van der Waals surface area contributed by atoms with Crippen LogP contribution in [0.2, 0.25) is 0 Å². The highest BCUT2D eigenvalue weighted by atomic mass is 19.1. The van der Waals surface area contributed by atoms with E-state index in [-0.39, 0.29) is 17.8 Å². The zero-order valence-electron chi connectivity index (χ0n) is 11.5. The molecule has 0 radical (unpaired) electrons. The summed E-state index contributed by atoms with van der Waals surface area (Å²) in [6.45, 7) is 5.81. The molecular formula is C17H17FO. The van der Waals surface area contributed by atoms with Crippen molar-refractivity contribution in [2.75, 3.05) is 0 Å². The molecule has 2 aromatic carbocycles.